The fourth-order valence-corrected chi connectivity index (χ4v) is 3.81. The third-order valence-electron chi connectivity index (χ3n) is 4.18. The smallest absolute Gasteiger partial charge is 0.340 e. The maximum atomic E-state index is 12.3. The third kappa shape index (κ3) is 3.75. The first kappa shape index (κ1) is 18.8. The van der Waals surface area contributed by atoms with E-state index in [1.165, 1.54) is 18.4 Å². The van der Waals surface area contributed by atoms with E-state index in [-0.39, 0.29) is 30.7 Å². The van der Waals surface area contributed by atoms with Gasteiger partial charge in [-0.3, -0.25) is 19.3 Å². The maximum Gasteiger partial charge on any atom is 0.340 e. The highest BCUT2D eigenvalue weighted by molar-refractivity contribution is 7.16. The summed E-state index contributed by atoms with van der Waals surface area (Å²) >= 11 is 1.29. The largest absolute Gasteiger partial charge is 0.465 e. The van der Waals surface area contributed by atoms with Gasteiger partial charge in [-0.1, -0.05) is 12.1 Å². The number of carbonyl (C=O) groups excluding carboxylic acids is 4. The van der Waals surface area contributed by atoms with Gasteiger partial charge in [0.2, 0.25) is 5.91 Å². The Hall–Kier alpha value is -3.00. The topological polar surface area (TPSA) is 92.8 Å². The van der Waals surface area contributed by atoms with Crippen molar-refractivity contribution in [3.05, 3.63) is 51.9 Å². The quantitative estimate of drug-likeness (QED) is 0.609. The number of hydrogen-bond donors (Lipinski definition) is 1. The molecule has 0 saturated carbocycles. The van der Waals surface area contributed by atoms with E-state index >= 15 is 0 Å². The molecule has 27 heavy (non-hydrogen) atoms. The van der Waals surface area contributed by atoms with Crippen LogP contribution in [0.15, 0.2) is 30.3 Å². The van der Waals surface area contributed by atoms with Crippen LogP contribution in [0.5, 0.6) is 0 Å². The summed E-state index contributed by atoms with van der Waals surface area (Å²) in [6.45, 7) is 1.99. The van der Waals surface area contributed by atoms with Crippen LogP contribution in [0.4, 0.5) is 5.00 Å². The number of nitrogens with zero attached hydrogens (tertiary/aromatic N) is 1. The lowest BCUT2D eigenvalue weighted by molar-refractivity contribution is -0.116. The van der Waals surface area contributed by atoms with Crippen LogP contribution in [0.1, 0.15) is 48.8 Å². The first-order chi connectivity index (χ1) is 12.9. The number of hydrogen-bond acceptors (Lipinski definition) is 6. The maximum absolute atomic E-state index is 12.3. The van der Waals surface area contributed by atoms with Crippen LogP contribution in [-0.2, 0) is 9.53 Å². The molecular formula is C19H18N2O5S. The van der Waals surface area contributed by atoms with E-state index in [1.807, 2.05) is 6.92 Å². The van der Waals surface area contributed by atoms with Gasteiger partial charge in [-0.25, -0.2) is 4.79 Å². The Morgan fingerprint density at radius 2 is 1.78 bits per heavy atom. The SMILES string of the molecule is COC(=O)c1cc(C)sc1NC(=O)CCCN1C(=O)c2ccccc2C1=O. The second-order valence-corrected chi connectivity index (χ2v) is 7.31. The number of fused-ring (bicyclic) bond motifs is 1. The molecular weight excluding hydrogens is 368 g/mol. The fraction of sp³-hybridized carbons (Fsp3) is 0.263. The molecule has 0 unspecified atom stereocenters. The van der Waals surface area contributed by atoms with E-state index in [0.717, 1.165) is 9.78 Å². The van der Waals surface area contributed by atoms with E-state index in [4.69, 9.17) is 4.74 Å². The molecule has 8 heteroatoms. The van der Waals surface area contributed by atoms with Crippen LogP contribution >= 0.6 is 11.3 Å². The molecule has 1 aromatic heterocycles. The van der Waals surface area contributed by atoms with Crippen molar-refractivity contribution in [2.45, 2.75) is 19.8 Å². The highest BCUT2D eigenvalue weighted by Gasteiger charge is 2.34. The number of imide groups is 1. The number of anilines is 1. The van der Waals surface area contributed by atoms with Crippen LogP contribution in [0.25, 0.3) is 0 Å². The Bertz CT molecular complexity index is 899. The summed E-state index contributed by atoms with van der Waals surface area (Å²) in [5.74, 6) is -1.48. The van der Waals surface area contributed by atoms with Gasteiger partial charge in [0.05, 0.1) is 23.8 Å². The molecule has 1 aromatic carbocycles. The molecule has 2 aromatic rings. The first-order valence-corrected chi connectivity index (χ1v) is 9.18. The molecule has 0 aliphatic carbocycles. The molecule has 3 rings (SSSR count). The van der Waals surface area contributed by atoms with E-state index in [0.29, 0.717) is 28.1 Å². The fourth-order valence-electron chi connectivity index (χ4n) is 2.90. The number of esters is 1. The number of ether oxygens (including phenoxy) is 1. The van der Waals surface area contributed by atoms with Gasteiger partial charge in [0.25, 0.3) is 11.8 Å². The van der Waals surface area contributed by atoms with Crippen molar-refractivity contribution >= 4 is 40.0 Å². The summed E-state index contributed by atoms with van der Waals surface area (Å²) in [6, 6.07) is 8.32. The predicted molar refractivity (Wildman–Crippen MR) is 100 cm³/mol. The van der Waals surface area contributed by atoms with Crippen LogP contribution in [0.3, 0.4) is 0 Å². The van der Waals surface area contributed by atoms with Crippen molar-refractivity contribution < 1.29 is 23.9 Å². The van der Waals surface area contributed by atoms with Gasteiger partial charge in [-0.2, -0.15) is 0 Å². The first-order valence-electron chi connectivity index (χ1n) is 8.36. The Balaban J connectivity index is 1.56. The molecule has 140 valence electrons. The van der Waals surface area contributed by atoms with Gasteiger partial charge in [-0.15, -0.1) is 11.3 Å². The molecule has 7 nitrogen and oxygen atoms in total. The number of rotatable bonds is 6. The van der Waals surface area contributed by atoms with Crippen molar-refractivity contribution in [1.29, 1.82) is 0 Å². The molecule has 0 bridgehead atoms. The summed E-state index contributed by atoms with van der Waals surface area (Å²) in [5.41, 5.74) is 1.10. The van der Waals surface area contributed by atoms with E-state index in [2.05, 4.69) is 5.32 Å². The summed E-state index contributed by atoms with van der Waals surface area (Å²) in [4.78, 5) is 50.5. The number of methoxy groups -OCH3 is 1. The second kappa shape index (κ2) is 7.71. The summed E-state index contributed by atoms with van der Waals surface area (Å²) < 4.78 is 4.71. The molecule has 0 atom stereocenters. The molecule has 0 radical (unpaired) electrons. The Morgan fingerprint density at radius 1 is 1.15 bits per heavy atom. The highest BCUT2D eigenvalue weighted by atomic mass is 32.1. The number of benzene rings is 1. The Morgan fingerprint density at radius 3 is 2.37 bits per heavy atom. The molecule has 0 fully saturated rings. The lowest BCUT2D eigenvalue weighted by Crippen LogP contribution is -2.31. The normalized spacial score (nSPS) is 12.9. The van der Waals surface area contributed by atoms with Crippen molar-refractivity contribution in [3.8, 4) is 0 Å². The van der Waals surface area contributed by atoms with Crippen molar-refractivity contribution in [2.75, 3.05) is 19.0 Å². The highest BCUT2D eigenvalue weighted by Crippen LogP contribution is 2.28. The van der Waals surface area contributed by atoms with Crippen LogP contribution in [0.2, 0.25) is 0 Å². The van der Waals surface area contributed by atoms with Gasteiger partial charge in [0.15, 0.2) is 0 Å². The van der Waals surface area contributed by atoms with Crippen molar-refractivity contribution in [3.63, 3.8) is 0 Å². The minimum atomic E-state index is -0.513. The van der Waals surface area contributed by atoms with Crippen molar-refractivity contribution in [2.24, 2.45) is 0 Å². The van der Waals surface area contributed by atoms with Gasteiger partial charge in [0.1, 0.15) is 5.00 Å². The Labute approximate surface area is 159 Å². The summed E-state index contributed by atoms with van der Waals surface area (Å²) in [7, 11) is 1.28. The third-order valence-corrected chi connectivity index (χ3v) is 5.14. The van der Waals surface area contributed by atoms with Gasteiger partial charge in [-0.05, 0) is 31.5 Å². The number of carbonyl (C=O) groups is 4. The number of nitrogens with one attached hydrogen (secondary N) is 1. The number of thiophene rings is 1. The predicted octanol–water partition coefficient (Wildman–Crippen LogP) is 2.86. The summed E-state index contributed by atoms with van der Waals surface area (Å²) in [5, 5.41) is 3.14. The van der Waals surface area contributed by atoms with Crippen LogP contribution < -0.4 is 5.32 Å². The molecule has 2 heterocycles. The average Bonchev–Trinajstić information content (AvgIpc) is 3.13. The second-order valence-electron chi connectivity index (χ2n) is 6.05. The zero-order valence-corrected chi connectivity index (χ0v) is 15.7. The van der Waals surface area contributed by atoms with E-state index in [9.17, 15) is 19.2 Å². The molecule has 0 spiro atoms. The molecule has 1 N–H and O–H groups in total. The number of amides is 3. The standard InChI is InChI=1S/C19H18N2O5S/c1-11-10-14(19(25)26-2)16(27-11)20-15(22)8-5-9-21-17(23)12-6-3-4-7-13(12)18(21)24/h3-4,6-7,10H,5,8-9H2,1-2H3,(H,20,22). The molecule has 1 aliphatic heterocycles. The summed E-state index contributed by atoms with van der Waals surface area (Å²) in [6.07, 6.45) is 0.445. The van der Waals surface area contributed by atoms with Crippen LogP contribution in [0, 0.1) is 6.92 Å². The van der Waals surface area contributed by atoms with Gasteiger partial charge >= 0.3 is 5.97 Å². The lowest BCUT2D eigenvalue weighted by atomic mass is 10.1. The molecule has 3 amide bonds. The minimum absolute atomic E-state index is 0.116. The minimum Gasteiger partial charge on any atom is -0.465 e. The average molecular weight is 386 g/mol. The number of aryl methyl sites for hydroxylation is 1. The molecule has 1 aliphatic rings. The zero-order valence-electron chi connectivity index (χ0n) is 14.9. The van der Waals surface area contributed by atoms with Gasteiger partial charge < -0.3 is 10.1 Å². The lowest BCUT2D eigenvalue weighted by Gasteiger charge is -2.13. The van der Waals surface area contributed by atoms with Gasteiger partial charge in [0, 0.05) is 17.8 Å². The zero-order chi connectivity index (χ0) is 19.6. The monoisotopic (exact) mass is 386 g/mol. The van der Waals surface area contributed by atoms with Crippen LogP contribution in [-0.4, -0.2) is 42.2 Å². The Kier molecular flexibility index (Phi) is 5.36. The molecule has 0 saturated heterocycles. The van der Waals surface area contributed by atoms with E-state index in [1.54, 1.807) is 30.3 Å². The van der Waals surface area contributed by atoms with Crippen molar-refractivity contribution in [1.82, 2.24) is 4.90 Å². The van der Waals surface area contributed by atoms with E-state index < -0.39 is 5.97 Å².